The number of carbonyl (C=O) groups excluding carboxylic acids is 2. The molecule has 0 aliphatic heterocycles. The van der Waals surface area contributed by atoms with E-state index in [0.29, 0.717) is 25.0 Å². The number of hydrogen-bond acceptors (Lipinski definition) is 5. The molecule has 11 heteroatoms. The van der Waals surface area contributed by atoms with E-state index in [1.165, 1.54) is 12.1 Å². The molecule has 2 fully saturated rings. The molecule has 4 atom stereocenters. The van der Waals surface area contributed by atoms with E-state index in [4.69, 9.17) is 11.6 Å². The average molecular weight is 502 g/mol. The molecule has 0 saturated heterocycles. The number of Topliss-reactive ketones (excluding diaryl/α,β-unsaturated/α-hetero) is 1. The van der Waals surface area contributed by atoms with Gasteiger partial charge in [-0.05, 0) is 37.0 Å². The molecule has 2 aromatic rings. The quantitative estimate of drug-likeness (QED) is 0.619. The van der Waals surface area contributed by atoms with Crippen LogP contribution < -0.4 is 5.32 Å². The summed E-state index contributed by atoms with van der Waals surface area (Å²) >= 11 is 6.16. The first-order chi connectivity index (χ1) is 15.5. The number of nitrogens with one attached hydrogen (secondary N) is 1. The molecule has 2 aliphatic carbocycles. The van der Waals surface area contributed by atoms with Crippen LogP contribution in [0, 0.1) is 29.3 Å². The van der Waals surface area contributed by atoms with Crippen molar-refractivity contribution < 1.29 is 36.3 Å². The Morgan fingerprint density at radius 1 is 1.06 bits per heavy atom. The predicted molar refractivity (Wildman–Crippen MR) is 113 cm³/mol. The van der Waals surface area contributed by atoms with Gasteiger partial charge in [0.25, 0.3) is 5.91 Å². The second-order valence-electron chi connectivity index (χ2n) is 8.38. The Kier molecular flexibility index (Phi) is 6.28. The van der Waals surface area contributed by atoms with Crippen molar-refractivity contribution in [1.29, 1.82) is 0 Å². The highest BCUT2D eigenvalue weighted by Gasteiger charge is 2.51. The minimum atomic E-state index is -4.15. The summed E-state index contributed by atoms with van der Waals surface area (Å²) in [5.74, 6) is -6.89. The van der Waals surface area contributed by atoms with Crippen LogP contribution in [0.5, 0.6) is 0 Å². The summed E-state index contributed by atoms with van der Waals surface area (Å²) in [6.45, 7) is 0. The van der Waals surface area contributed by atoms with Crippen LogP contribution >= 0.6 is 11.6 Å². The molecule has 33 heavy (non-hydrogen) atoms. The van der Waals surface area contributed by atoms with E-state index < -0.39 is 56.4 Å². The van der Waals surface area contributed by atoms with E-state index in [9.17, 15) is 36.3 Å². The molecule has 4 rings (SSSR count). The summed E-state index contributed by atoms with van der Waals surface area (Å²) < 4.78 is 67.1. The number of sulfone groups is 1. The monoisotopic (exact) mass is 501 g/mol. The van der Waals surface area contributed by atoms with Gasteiger partial charge in [-0.2, -0.15) is 0 Å². The maximum atomic E-state index is 13.6. The van der Waals surface area contributed by atoms with E-state index >= 15 is 0 Å². The van der Waals surface area contributed by atoms with Gasteiger partial charge in [0, 0.05) is 42.1 Å². The molecule has 176 valence electrons. The maximum absolute atomic E-state index is 13.6. The van der Waals surface area contributed by atoms with Crippen molar-refractivity contribution in [2.45, 2.75) is 41.9 Å². The van der Waals surface area contributed by atoms with Crippen molar-refractivity contribution in [3.8, 4) is 0 Å². The highest BCUT2D eigenvalue weighted by Crippen LogP contribution is 2.46. The molecule has 2 bridgehead atoms. The lowest BCUT2D eigenvalue weighted by Gasteiger charge is -2.25. The first kappa shape index (κ1) is 23.7. The summed E-state index contributed by atoms with van der Waals surface area (Å²) in [4.78, 5) is 24.3. The number of fused-ring (bicyclic) bond motifs is 2. The lowest BCUT2D eigenvalue weighted by molar-refractivity contribution is -0.121. The Bertz CT molecular complexity index is 1230. The summed E-state index contributed by atoms with van der Waals surface area (Å²) in [7, 11) is -4.15. The van der Waals surface area contributed by atoms with Crippen LogP contribution in [0.2, 0.25) is 5.02 Å². The van der Waals surface area contributed by atoms with Crippen LogP contribution in [-0.2, 0) is 14.6 Å². The van der Waals surface area contributed by atoms with Gasteiger partial charge in [0.1, 0.15) is 5.78 Å². The number of amides is 1. The van der Waals surface area contributed by atoms with Crippen molar-refractivity contribution in [2.75, 3.05) is 5.32 Å². The van der Waals surface area contributed by atoms with Gasteiger partial charge >= 0.3 is 0 Å². The highest BCUT2D eigenvalue weighted by molar-refractivity contribution is 7.92. The number of carbonyl (C=O) groups is 2. The molecular formula is C22H19ClF3NO5S. The number of rotatable bonds is 4. The summed E-state index contributed by atoms with van der Waals surface area (Å²) in [6.07, 6.45) is -0.233. The first-order valence-electron chi connectivity index (χ1n) is 10.2. The van der Waals surface area contributed by atoms with E-state index in [1.54, 1.807) is 0 Å². The minimum Gasteiger partial charge on any atom is -0.392 e. The minimum absolute atomic E-state index is 0.0386. The van der Waals surface area contributed by atoms with E-state index in [-0.39, 0.29) is 39.8 Å². The van der Waals surface area contributed by atoms with Crippen LogP contribution in [-0.4, -0.2) is 36.6 Å². The number of hydrogen-bond donors (Lipinski definition) is 2. The van der Waals surface area contributed by atoms with Crippen LogP contribution in [0.15, 0.2) is 35.2 Å². The second kappa shape index (κ2) is 8.73. The van der Waals surface area contributed by atoms with E-state index in [0.717, 1.165) is 6.07 Å². The third kappa shape index (κ3) is 4.39. The third-order valence-electron chi connectivity index (χ3n) is 6.28. The normalized spacial score (nSPS) is 25.1. The smallest absolute Gasteiger partial charge is 0.255 e. The topological polar surface area (TPSA) is 101 Å². The van der Waals surface area contributed by atoms with Crippen molar-refractivity contribution >= 4 is 38.8 Å². The number of halogens is 4. The van der Waals surface area contributed by atoms with Gasteiger partial charge < -0.3 is 10.4 Å². The average Bonchev–Trinajstić information content (AvgIpc) is 3.10. The highest BCUT2D eigenvalue weighted by atomic mass is 35.5. The number of aliphatic hydroxyl groups is 1. The molecule has 2 aromatic carbocycles. The molecule has 2 N–H and O–H groups in total. The summed E-state index contributed by atoms with van der Waals surface area (Å²) in [5, 5.41) is 11.4. The lowest BCUT2D eigenvalue weighted by atomic mass is 9.97. The van der Waals surface area contributed by atoms with Crippen molar-refractivity contribution in [2.24, 2.45) is 11.8 Å². The molecule has 0 spiro atoms. The predicted octanol–water partition coefficient (Wildman–Crippen LogP) is 3.90. The third-order valence-corrected chi connectivity index (χ3v) is 9.12. The zero-order valence-electron chi connectivity index (χ0n) is 17.0. The molecule has 0 radical (unpaired) electrons. The summed E-state index contributed by atoms with van der Waals surface area (Å²) in [5.41, 5.74) is -0.528. The Labute approximate surface area is 192 Å². The molecule has 0 aromatic heterocycles. The molecule has 2 aliphatic rings. The Morgan fingerprint density at radius 3 is 2.39 bits per heavy atom. The SMILES string of the molecule is O=C1CC(O)C2CCC(C1)[C@@H]2S(=O)(=O)c1cc(C(=O)Nc2cc(F)c(F)c(F)c2)ccc1Cl. The first-order valence-corrected chi connectivity index (χ1v) is 12.1. The Morgan fingerprint density at radius 2 is 1.73 bits per heavy atom. The molecular weight excluding hydrogens is 483 g/mol. The van der Waals surface area contributed by atoms with Gasteiger partial charge in [0.15, 0.2) is 27.3 Å². The Hall–Kier alpha value is -2.43. The van der Waals surface area contributed by atoms with Gasteiger partial charge in [-0.15, -0.1) is 0 Å². The largest absolute Gasteiger partial charge is 0.392 e. The maximum Gasteiger partial charge on any atom is 0.255 e. The number of aliphatic hydroxyl groups excluding tert-OH is 1. The fraction of sp³-hybridized carbons (Fsp3) is 0.364. The molecule has 0 heterocycles. The van der Waals surface area contributed by atoms with Gasteiger partial charge in [-0.25, -0.2) is 21.6 Å². The fourth-order valence-corrected chi connectivity index (χ4v) is 7.68. The summed E-state index contributed by atoms with van der Waals surface area (Å²) in [6, 6.07) is 4.65. The number of benzene rings is 2. The van der Waals surface area contributed by atoms with Crippen LogP contribution in [0.3, 0.4) is 0 Å². The molecule has 1 amide bonds. The molecule has 3 unspecified atom stereocenters. The zero-order chi connectivity index (χ0) is 24.1. The van der Waals surface area contributed by atoms with Crippen LogP contribution in [0.25, 0.3) is 0 Å². The van der Waals surface area contributed by atoms with Gasteiger partial charge in [0.05, 0.1) is 21.3 Å². The van der Waals surface area contributed by atoms with Crippen molar-refractivity contribution in [1.82, 2.24) is 0 Å². The van der Waals surface area contributed by atoms with E-state index in [1.807, 2.05) is 0 Å². The molecule has 6 nitrogen and oxygen atoms in total. The lowest BCUT2D eigenvalue weighted by Crippen LogP contribution is -2.35. The van der Waals surface area contributed by atoms with Gasteiger partial charge in [-0.3, -0.25) is 9.59 Å². The molecule has 2 saturated carbocycles. The van der Waals surface area contributed by atoms with Crippen LogP contribution in [0.4, 0.5) is 18.9 Å². The zero-order valence-corrected chi connectivity index (χ0v) is 18.6. The van der Waals surface area contributed by atoms with Gasteiger partial charge in [0.2, 0.25) is 0 Å². The fourth-order valence-electron chi connectivity index (χ4n) is 4.80. The van der Waals surface area contributed by atoms with Gasteiger partial charge in [-0.1, -0.05) is 11.6 Å². The number of anilines is 1. The van der Waals surface area contributed by atoms with Crippen LogP contribution in [0.1, 0.15) is 36.0 Å². The van der Waals surface area contributed by atoms with Crippen molar-refractivity contribution in [3.63, 3.8) is 0 Å². The van der Waals surface area contributed by atoms with E-state index in [2.05, 4.69) is 5.32 Å². The number of ketones is 1. The van der Waals surface area contributed by atoms with Crippen molar-refractivity contribution in [3.05, 3.63) is 58.4 Å². The standard InChI is InChI=1S/C22H19ClF3NO5S/c23-15-4-2-11(22(30)27-12-7-16(24)20(26)17(25)8-12)6-19(15)33(31,32)21-10-1-3-14(21)18(29)9-13(28)5-10/h2,4,6-8,10,14,18,21,29H,1,3,5,9H2,(H,27,30)/t10?,14?,18?,21-/m0/s1. The second-order valence-corrected chi connectivity index (χ2v) is 10.9. The Balaban J connectivity index is 1.67.